The van der Waals surface area contributed by atoms with Crippen molar-refractivity contribution in [3.8, 4) is 0 Å². The van der Waals surface area contributed by atoms with Crippen LogP contribution in [0.1, 0.15) is 11.8 Å². The lowest BCUT2D eigenvalue weighted by Crippen LogP contribution is -2.40. The van der Waals surface area contributed by atoms with E-state index in [4.69, 9.17) is 0 Å². The van der Waals surface area contributed by atoms with Crippen molar-refractivity contribution in [3.63, 3.8) is 0 Å². The van der Waals surface area contributed by atoms with E-state index in [1.54, 1.807) is 34.0 Å². The first kappa shape index (κ1) is 16.6. The largest absolute Gasteiger partial charge is 0.348 e. The second-order valence-electron chi connectivity index (χ2n) is 4.19. The fourth-order valence-corrected chi connectivity index (χ4v) is 5.27. The van der Waals surface area contributed by atoms with Crippen LogP contribution < -0.4 is 0 Å². The second kappa shape index (κ2) is 6.34. The molecule has 1 rings (SSSR count). The van der Waals surface area contributed by atoms with Gasteiger partial charge in [0.1, 0.15) is 0 Å². The maximum Gasteiger partial charge on any atom is 0.244 e. The zero-order valence-electron chi connectivity index (χ0n) is 11.3. The summed E-state index contributed by atoms with van der Waals surface area (Å²) in [6.07, 6.45) is 0. The molecule has 19 heavy (non-hydrogen) atoms. The predicted molar refractivity (Wildman–Crippen MR) is 79.9 cm³/mol. The van der Waals surface area contributed by atoms with Crippen LogP contribution in [0.4, 0.5) is 0 Å². The van der Waals surface area contributed by atoms with Gasteiger partial charge < -0.3 is 4.90 Å². The summed E-state index contributed by atoms with van der Waals surface area (Å²) < 4.78 is 26.9. The number of hydrogen-bond acceptors (Lipinski definition) is 4. The Labute approximate surface area is 126 Å². The first-order valence-corrected chi connectivity index (χ1v) is 8.71. The second-order valence-corrected chi connectivity index (χ2v) is 8.73. The summed E-state index contributed by atoms with van der Waals surface area (Å²) in [5.74, 6) is -0.239. The molecule has 0 aromatic carbocycles. The fourth-order valence-electron chi connectivity index (χ4n) is 1.48. The highest BCUT2D eigenvalue weighted by molar-refractivity contribution is 9.11. The van der Waals surface area contributed by atoms with Crippen molar-refractivity contribution >= 4 is 43.2 Å². The molecule has 0 unspecified atom stereocenters. The molecule has 0 N–H and O–H groups in total. The van der Waals surface area contributed by atoms with Gasteiger partial charge in [0, 0.05) is 25.5 Å². The minimum absolute atomic E-state index is 0.140. The Hall–Kier alpha value is -0.440. The average molecular weight is 369 g/mol. The number of nitrogens with zero attached hydrogens (tertiary/aromatic N) is 2. The predicted octanol–water partition coefficient (Wildman–Crippen LogP) is 1.92. The van der Waals surface area contributed by atoms with Gasteiger partial charge in [-0.15, -0.1) is 11.3 Å². The zero-order valence-corrected chi connectivity index (χ0v) is 14.5. The van der Waals surface area contributed by atoms with Gasteiger partial charge in [0.25, 0.3) is 0 Å². The van der Waals surface area contributed by atoms with Crippen LogP contribution >= 0.6 is 27.3 Å². The maximum atomic E-state index is 12.5. The number of carbonyl (C=O) groups is 1. The van der Waals surface area contributed by atoms with E-state index in [2.05, 4.69) is 15.9 Å². The molecule has 5 nitrogen and oxygen atoms in total. The number of carbonyl (C=O) groups excluding carboxylic acids is 1. The lowest BCUT2D eigenvalue weighted by molar-refractivity contribution is -0.128. The minimum Gasteiger partial charge on any atom is -0.348 e. The monoisotopic (exact) mass is 368 g/mol. The molecule has 0 saturated carbocycles. The molecule has 1 amide bonds. The Bertz CT molecular complexity index is 566. The van der Waals surface area contributed by atoms with Gasteiger partial charge in [-0.05, 0) is 28.9 Å². The molecular formula is C11H17BrN2O3S2. The molecule has 0 aliphatic heterocycles. The van der Waals surface area contributed by atoms with Crippen molar-refractivity contribution in [1.82, 2.24) is 9.21 Å². The van der Waals surface area contributed by atoms with Crippen LogP contribution in [-0.4, -0.2) is 50.7 Å². The van der Waals surface area contributed by atoms with E-state index in [9.17, 15) is 13.2 Å². The third-order valence-electron chi connectivity index (χ3n) is 2.62. The maximum absolute atomic E-state index is 12.5. The lowest BCUT2D eigenvalue weighted by Gasteiger charge is -2.21. The molecule has 0 saturated heterocycles. The highest BCUT2D eigenvalue weighted by Crippen LogP contribution is 2.31. The van der Waals surface area contributed by atoms with Gasteiger partial charge in [-0.3, -0.25) is 4.79 Å². The van der Waals surface area contributed by atoms with Gasteiger partial charge in [0.15, 0.2) is 0 Å². The molecule has 0 aliphatic rings. The fraction of sp³-hybridized carbons (Fsp3) is 0.545. The highest BCUT2D eigenvalue weighted by Gasteiger charge is 2.28. The standard InChI is InChI=1S/C11H17BrN2O3S2/c1-5-14(7-11(15)13(3)4)19(16,17)9-6-10(12)18-8(9)2/h6H,5,7H2,1-4H3. The molecule has 1 aromatic rings. The summed E-state index contributed by atoms with van der Waals surface area (Å²) in [6.45, 7) is 3.59. The summed E-state index contributed by atoms with van der Waals surface area (Å²) in [7, 11) is -0.411. The van der Waals surface area contributed by atoms with Crippen molar-refractivity contribution in [3.05, 3.63) is 14.7 Å². The Morgan fingerprint density at radius 2 is 2.00 bits per heavy atom. The van der Waals surface area contributed by atoms with Gasteiger partial charge in [-0.25, -0.2) is 8.42 Å². The number of hydrogen-bond donors (Lipinski definition) is 0. The molecule has 0 fully saturated rings. The Kier molecular flexibility index (Phi) is 5.54. The molecule has 0 spiro atoms. The SMILES string of the molecule is CCN(CC(=O)N(C)C)S(=O)(=O)c1cc(Br)sc1C. The molecule has 8 heteroatoms. The van der Waals surface area contributed by atoms with Crippen LogP contribution in [0.2, 0.25) is 0 Å². The molecule has 1 aromatic heterocycles. The highest BCUT2D eigenvalue weighted by atomic mass is 79.9. The van der Waals surface area contributed by atoms with Crippen LogP contribution in [0.25, 0.3) is 0 Å². The minimum atomic E-state index is -3.62. The summed E-state index contributed by atoms with van der Waals surface area (Å²) in [5.41, 5.74) is 0. The van der Waals surface area contributed by atoms with Crippen LogP contribution in [0.5, 0.6) is 0 Å². The van der Waals surface area contributed by atoms with Crippen LogP contribution in [0, 0.1) is 6.92 Å². The van der Waals surface area contributed by atoms with Crippen LogP contribution in [0.15, 0.2) is 14.7 Å². The summed E-state index contributed by atoms with van der Waals surface area (Å²) in [6, 6.07) is 1.58. The number of rotatable bonds is 5. The first-order chi connectivity index (χ1) is 8.70. The number of aryl methyl sites for hydroxylation is 1. The Morgan fingerprint density at radius 3 is 2.37 bits per heavy atom. The topological polar surface area (TPSA) is 57.7 Å². The third kappa shape index (κ3) is 3.77. The summed E-state index contributed by atoms with van der Waals surface area (Å²) in [4.78, 5) is 14.0. The molecule has 0 aliphatic carbocycles. The van der Waals surface area contributed by atoms with E-state index in [0.29, 0.717) is 4.88 Å². The summed E-state index contributed by atoms with van der Waals surface area (Å²) >= 11 is 4.65. The number of likely N-dealkylation sites (N-methyl/N-ethyl adjacent to an activating group) is 2. The lowest BCUT2D eigenvalue weighted by atomic mass is 10.5. The zero-order chi connectivity index (χ0) is 14.8. The smallest absolute Gasteiger partial charge is 0.244 e. The van der Waals surface area contributed by atoms with Gasteiger partial charge in [-0.2, -0.15) is 4.31 Å². The molecule has 0 atom stereocenters. The van der Waals surface area contributed by atoms with Crippen molar-refractivity contribution < 1.29 is 13.2 Å². The molecule has 0 radical (unpaired) electrons. The Morgan fingerprint density at radius 1 is 1.42 bits per heavy atom. The van der Waals surface area contributed by atoms with Crippen molar-refractivity contribution in [2.24, 2.45) is 0 Å². The normalized spacial score (nSPS) is 11.9. The molecular weight excluding hydrogens is 352 g/mol. The van der Waals surface area contributed by atoms with E-state index in [1.807, 2.05) is 0 Å². The van der Waals surface area contributed by atoms with Crippen molar-refractivity contribution in [1.29, 1.82) is 0 Å². The van der Waals surface area contributed by atoms with E-state index >= 15 is 0 Å². The quantitative estimate of drug-likeness (QED) is 0.797. The van der Waals surface area contributed by atoms with Gasteiger partial charge in [-0.1, -0.05) is 6.92 Å². The first-order valence-electron chi connectivity index (χ1n) is 5.66. The van der Waals surface area contributed by atoms with Crippen LogP contribution in [0.3, 0.4) is 0 Å². The van der Waals surface area contributed by atoms with Gasteiger partial charge >= 0.3 is 0 Å². The van der Waals surface area contributed by atoms with Crippen LogP contribution in [-0.2, 0) is 14.8 Å². The number of sulfonamides is 1. The number of halogens is 1. The average Bonchev–Trinajstić information content (AvgIpc) is 2.65. The van der Waals surface area contributed by atoms with E-state index in [-0.39, 0.29) is 23.9 Å². The number of thiophene rings is 1. The van der Waals surface area contributed by atoms with Gasteiger partial charge in [0.05, 0.1) is 15.2 Å². The number of amides is 1. The molecule has 1 heterocycles. The van der Waals surface area contributed by atoms with E-state index in [1.165, 1.54) is 20.5 Å². The van der Waals surface area contributed by atoms with Crippen molar-refractivity contribution in [2.45, 2.75) is 18.7 Å². The van der Waals surface area contributed by atoms with E-state index in [0.717, 1.165) is 3.79 Å². The molecule has 0 bridgehead atoms. The van der Waals surface area contributed by atoms with Crippen molar-refractivity contribution in [2.75, 3.05) is 27.2 Å². The van der Waals surface area contributed by atoms with Gasteiger partial charge in [0.2, 0.25) is 15.9 Å². The van der Waals surface area contributed by atoms with E-state index < -0.39 is 10.0 Å². The molecule has 108 valence electrons. The third-order valence-corrected chi connectivity index (χ3v) is 6.35. The summed E-state index contributed by atoms with van der Waals surface area (Å²) in [5, 5.41) is 0. The Balaban J connectivity index is 3.09.